The lowest BCUT2D eigenvalue weighted by atomic mass is 9.82. The zero-order valence-corrected chi connectivity index (χ0v) is 7.31. The van der Waals surface area contributed by atoms with Gasteiger partial charge in [0.05, 0.1) is 12.5 Å². The second-order valence-electron chi connectivity index (χ2n) is 4.09. The zero-order chi connectivity index (χ0) is 7.78. The first-order valence-electron chi connectivity index (χ1n) is 3.81. The van der Waals surface area contributed by atoms with E-state index in [0.29, 0.717) is 11.3 Å². The van der Waals surface area contributed by atoms with E-state index in [9.17, 15) is 0 Å². The highest BCUT2D eigenvalue weighted by atomic mass is 15.4. The third-order valence-corrected chi connectivity index (χ3v) is 2.08. The molecule has 58 valence electrons. The van der Waals surface area contributed by atoms with Gasteiger partial charge in [-0.05, 0) is 5.41 Å². The molecular formula is C8H17N2+. The van der Waals surface area contributed by atoms with E-state index < -0.39 is 0 Å². The second-order valence-corrected chi connectivity index (χ2v) is 4.09. The Balaban J connectivity index is 2.61. The van der Waals surface area contributed by atoms with Crippen molar-refractivity contribution in [3.63, 3.8) is 0 Å². The molecule has 0 aromatic carbocycles. The molecule has 0 aromatic rings. The number of hydrogen-bond donors (Lipinski definition) is 1. The van der Waals surface area contributed by atoms with E-state index in [1.165, 1.54) is 0 Å². The normalized spacial score (nSPS) is 26.0. The Morgan fingerprint density at radius 1 is 1.50 bits per heavy atom. The topological polar surface area (TPSA) is 15.0 Å². The van der Waals surface area contributed by atoms with Gasteiger partial charge in [0, 0.05) is 0 Å². The van der Waals surface area contributed by atoms with Crippen molar-refractivity contribution >= 4 is 6.21 Å². The second kappa shape index (κ2) is 2.26. The zero-order valence-electron chi connectivity index (χ0n) is 7.31. The third kappa shape index (κ3) is 1.49. The molecular weight excluding hydrogens is 124 g/mol. The summed E-state index contributed by atoms with van der Waals surface area (Å²) in [6, 6.07) is 0. The van der Waals surface area contributed by atoms with Crippen molar-refractivity contribution in [1.82, 2.24) is 5.43 Å². The van der Waals surface area contributed by atoms with Crippen molar-refractivity contribution in [2.45, 2.75) is 20.8 Å². The molecule has 0 fully saturated rings. The molecule has 1 N–H and O–H groups in total. The first-order chi connectivity index (χ1) is 4.50. The van der Waals surface area contributed by atoms with Crippen LogP contribution in [0.15, 0.2) is 0 Å². The molecule has 1 aliphatic rings. The maximum atomic E-state index is 3.25. The van der Waals surface area contributed by atoms with Gasteiger partial charge in [0.15, 0.2) is 13.3 Å². The average molecular weight is 141 g/mol. The minimum Gasteiger partial charge on any atom is -0.198 e. The molecule has 0 bridgehead atoms. The van der Waals surface area contributed by atoms with Crippen molar-refractivity contribution in [3.8, 4) is 0 Å². The lowest BCUT2D eigenvalue weighted by Crippen LogP contribution is -2.25. The van der Waals surface area contributed by atoms with Crippen LogP contribution in [0.5, 0.6) is 0 Å². The fourth-order valence-corrected chi connectivity index (χ4v) is 1.15. The van der Waals surface area contributed by atoms with Crippen LogP contribution in [-0.2, 0) is 0 Å². The van der Waals surface area contributed by atoms with E-state index in [2.05, 4.69) is 37.1 Å². The van der Waals surface area contributed by atoms with Gasteiger partial charge in [0.2, 0.25) is 0 Å². The molecule has 10 heavy (non-hydrogen) atoms. The van der Waals surface area contributed by atoms with Gasteiger partial charge in [-0.2, -0.15) is 5.43 Å². The maximum Gasteiger partial charge on any atom is 0.175 e. The molecule has 1 unspecified atom stereocenters. The Kier molecular flexibility index (Phi) is 1.71. The molecule has 0 aliphatic carbocycles. The Labute approximate surface area is 62.9 Å². The Hall–Kier alpha value is -0.530. The number of hydrazine groups is 1. The molecule has 0 spiro atoms. The molecule has 0 aromatic heterocycles. The molecule has 1 heterocycles. The summed E-state index contributed by atoms with van der Waals surface area (Å²) in [6.07, 6.45) is 2.25. The molecule has 0 saturated carbocycles. The minimum atomic E-state index is 0.401. The summed E-state index contributed by atoms with van der Waals surface area (Å²) in [5.41, 5.74) is 3.65. The van der Waals surface area contributed by atoms with Gasteiger partial charge < -0.3 is 0 Å². The quantitative estimate of drug-likeness (QED) is 0.495. The van der Waals surface area contributed by atoms with E-state index in [4.69, 9.17) is 0 Å². The first-order valence-corrected chi connectivity index (χ1v) is 3.81. The third-order valence-electron chi connectivity index (χ3n) is 2.08. The number of hydrogen-bond acceptors (Lipinski definition) is 1. The molecule has 0 radical (unpaired) electrons. The lowest BCUT2D eigenvalue weighted by Gasteiger charge is -2.20. The van der Waals surface area contributed by atoms with Crippen molar-refractivity contribution in [1.29, 1.82) is 0 Å². The van der Waals surface area contributed by atoms with Crippen LogP contribution < -0.4 is 5.43 Å². The summed E-state index contributed by atoms with van der Waals surface area (Å²) in [6.45, 7) is 7.90. The summed E-state index contributed by atoms with van der Waals surface area (Å²) in [4.78, 5) is 0. The number of rotatable bonds is 0. The van der Waals surface area contributed by atoms with Crippen molar-refractivity contribution < 1.29 is 4.68 Å². The minimum absolute atomic E-state index is 0.401. The Morgan fingerprint density at radius 3 is 2.30 bits per heavy atom. The highest BCUT2D eigenvalue weighted by Gasteiger charge is 2.30. The van der Waals surface area contributed by atoms with Gasteiger partial charge in [-0.25, -0.2) is 0 Å². The van der Waals surface area contributed by atoms with Crippen LogP contribution in [0.3, 0.4) is 0 Å². The number of nitrogens with zero attached hydrogens (tertiary/aromatic N) is 1. The van der Waals surface area contributed by atoms with E-state index in [1.807, 2.05) is 7.05 Å². The van der Waals surface area contributed by atoms with Gasteiger partial charge in [-0.15, -0.1) is 4.68 Å². The van der Waals surface area contributed by atoms with Crippen molar-refractivity contribution in [2.24, 2.45) is 11.3 Å². The van der Waals surface area contributed by atoms with Crippen LogP contribution in [0.25, 0.3) is 0 Å². The summed E-state index contributed by atoms with van der Waals surface area (Å²) < 4.78 is 2.05. The predicted octanol–water partition coefficient (Wildman–Crippen LogP) is 0.880. The van der Waals surface area contributed by atoms with Crippen LogP contribution >= 0.6 is 0 Å². The molecule has 0 amide bonds. The molecule has 2 heteroatoms. The summed E-state index contributed by atoms with van der Waals surface area (Å²) in [5, 5.41) is 0. The highest BCUT2D eigenvalue weighted by Crippen LogP contribution is 2.24. The van der Waals surface area contributed by atoms with E-state index >= 15 is 0 Å². The average Bonchev–Trinajstić information content (AvgIpc) is 2.11. The van der Waals surface area contributed by atoms with Crippen LogP contribution in [0.1, 0.15) is 20.8 Å². The Morgan fingerprint density at radius 2 is 2.10 bits per heavy atom. The largest absolute Gasteiger partial charge is 0.198 e. The van der Waals surface area contributed by atoms with Crippen LogP contribution in [0.4, 0.5) is 0 Å². The first kappa shape index (κ1) is 7.58. The van der Waals surface area contributed by atoms with Gasteiger partial charge in [-0.3, -0.25) is 0 Å². The van der Waals surface area contributed by atoms with Crippen molar-refractivity contribution in [3.05, 3.63) is 0 Å². The van der Waals surface area contributed by atoms with Gasteiger partial charge >= 0.3 is 0 Å². The maximum absolute atomic E-state index is 3.25. The lowest BCUT2D eigenvalue weighted by molar-refractivity contribution is -0.546. The van der Waals surface area contributed by atoms with Gasteiger partial charge in [0.25, 0.3) is 0 Å². The van der Waals surface area contributed by atoms with Crippen LogP contribution in [0.2, 0.25) is 0 Å². The number of nitrogens with one attached hydrogen (secondary N) is 1. The fourth-order valence-electron chi connectivity index (χ4n) is 1.15. The standard InChI is InChI=1S/C8H17N2/c1-8(2,3)7-5-9-10(4)6-7/h6-7,9H,5H2,1-4H3/q+1. The fraction of sp³-hybridized carbons (Fsp3) is 0.875. The van der Waals surface area contributed by atoms with Crippen molar-refractivity contribution in [2.75, 3.05) is 13.6 Å². The number of hydrazone groups is 1. The van der Waals surface area contributed by atoms with Gasteiger partial charge in [-0.1, -0.05) is 20.8 Å². The van der Waals surface area contributed by atoms with E-state index in [-0.39, 0.29) is 0 Å². The molecule has 2 nitrogen and oxygen atoms in total. The van der Waals surface area contributed by atoms with E-state index in [1.54, 1.807) is 0 Å². The smallest absolute Gasteiger partial charge is 0.175 e. The van der Waals surface area contributed by atoms with Crippen LogP contribution in [0, 0.1) is 11.3 Å². The SMILES string of the molecule is C[N+]1=CC(C(C)(C)C)CN1. The monoisotopic (exact) mass is 141 g/mol. The molecule has 1 aliphatic heterocycles. The molecule has 1 atom stereocenters. The van der Waals surface area contributed by atoms with Gasteiger partial charge in [0.1, 0.15) is 0 Å². The van der Waals surface area contributed by atoms with E-state index in [0.717, 1.165) is 6.54 Å². The van der Waals surface area contributed by atoms with Crippen LogP contribution in [-0.4, -0.2) is 24.5 Å². The summed E-state index contributed by atoms with van der Waals surface area (Å²) in [7, 11) is 2.05. The summed E-state index contributed by atoms with van der Waals surface area (Å²) >= 11 is 0. The molecule has 0 saturated heterocycles. The predicted molar refractivity (Wildman–Crippen MR) is 43.2 cm³/mol. The molecule has 1 rings (SSSR count). The highest BCUT2D eigenvalue weighted by molar-refractivity contribution is 5.57. The Bertz CT molecular complexity index is 153. The summed E-state index contributed by atoms with van der Waals surface area (Å²) in [5.74, 6) is 0.678.